The van der Waals surface area contributed by atoms with Gasteiger partial charge in [-0.15, -0.1) is 22.7 Å². The lowest BCUT2D eigenvalue weighted by atomic mass is 10.3. The van der Waals surface area contributed by atoms with Crippen molar-refractivity contribution >= 4 is 28.6 Å². The van der Waals surface area contributed by atoms with Crippen molar-refractivity contribution in [1.82, 2.24) is 10.3 Å². The number of nitrogens with zero attached hydrogens (tertiary/aromatic N) is 1. The van der Waals surface area contributed by atoms with Gasteiger partial charge < -0.3 is 0 Å². The number of hydrazine groups is 1. The lowest BCUT2D eigenvalue weighted by Crippen LogP contribution is -2.29. The molecule has 0 atom stereocenters. The molecule has 3 N–H and O–H groups in total. The third kappa shape index (κ3) is 3.39. The molecule has 18 heavy (non-hydrogen) atoms. The molecule has 0 radical (unpaired) electrons. The second-order valence-electron chi connectivity index (χ2n) is 3.99. The molecule has 0 aliphatic carbocycles. The van der Waals surface area contributed by atoms with Gasteiger partial charge in [-0.1, -0.05) is 6.07 Å². The van der Waals surface area contributed by atoms with Gasteiger partial charge in [0.05, 0.1) is 4.88 Å². The first-order valence-corrected chi connectivity index (χ1v) is 7.19. The molecule has 96 valence electrons. The molecule has 0 aliphatic heterocycles. The van der Waals surface area contributed by atoms with Crippen LogP contribution in [0.25, 0.3) is 0 Å². The van der Waals surface area contributed by atoms with Crippen LogP contribution in [0.1, 0.15) is 19.4 Å². The summed E-state index contributed by atoms with van der Waals surface area (Å²) in [5.41, 5.74) is 2.14. The molecule has 2 heterocycles. The molecule has 1 amide bonds. The number of nitrogen functional groups attached to an aromatic ring is 1. The van der Waals surface area contributed by atoms with Gasteiger partial charge in [-0.25, -0.2) is 5.84 Å². The number of rotatable bonds is 5. The Labute approximate surface area is 114 Å². The van der Waals surface area contributed by atoms with Gasteiger partial charge in [-0.3, -0.25) is 15.1 Å². The van der Waals surface area contributed by atoms with E-state index in [4.69, 9.17) is 5.84 Å². The van der Waals surface area contributed by atoms with Crippen molar-refractivity contribution in [2.24, 2.45) is 5.84 Å². The number of nitrogens with two attached hydrogens (primary N) is 1. The number of hydrogen-bond donors (Lipinski definition) is 2. The maximum Gasteiger partial charge on any atom is 0.275 e. The summed E-state index contributed by atoms with van der Waals surface area (Å²) >= 11 is 3.23. The number of amides is 1. The molecule has 0 saturated carbocycles. The van der Waals surface area contributed by atoms with Crippen molar-refractivity contribution in [3.8, 4) is 0 Å². The molecular weight excluding hydrogens is 266 g/mol. The van der Waals surface area contributed by atoms with Crippen LogP contribution in [0.15, 0.2) is 29.6 Å². The van der Waals surface area contributed by atoms with Crippen molar-refractivity contribution in [2.45, 2.75) is 13.1 Å². The van der Waals surface area contributed by atoms with Crippen molar-refractivity contribution in [3.63, 3.8) is 0 Å². The van der Waals surface area contributed by atoms with Gasteiger partial charge in [0.2, 0.25) is 0 Å². The van der Waals surface area contributed by atoms with Crippen LogP contribution in [0.5, 0.6) is 0 Å². The Bertz CT molecular complexity index is 507. The summed E-state index contributed by atoms with van der Waals surface area (Å²) in [4.78, 5) is 16.7. The van der Waals surface area contributed by atoms with E-state index in [-0.39, 0.29) is 5.91 Å². The predicted octanol–water partition coefficient (Wildman–Crippen LogP) is 2.05. The van der Waals surface area contributed by atoms with E-state index < -0.39 is 0 Å². The maximum atomic E-state index is 11.3. The SMILES string of the molecule is CN(Cc1cccs1)Cc1ccc(C(=O)NN)s1. The first kappa shape index (κ1) is 13.2. The van der Waals surface area contributed by atoms with Gasteiger partial charge in [0.25, 0.3) is 5.91 Å². The number of thiophene rings is 2. The highest BCUT2D eigenvalue weighted by Crippen LogP contribution is 2.19. The third-order valence-corrected chi connectivity index (χ3v) is 4.38. The molecular formula is C12H15N3OS2. The summed E-state index contributed by atoms with van der Waals surface area (Å²) in [7, 11) is 2.07. The van der Waals surface area contributed by atoms with Crippen LogP contribution < -0.4 is 11.3 Å². The molecule has 0 unspecified atom stereocenters. The van der Waals surface area contributed by atoms with Crippen LogP contribution >= 0.6 is 22.7 Å². The molecule has 4 nitrogen and oxygen atoms in total. The Morgan fingerprint density at radius 3 is 2.78 bits per heavy atom. The monoisotopic (exact) mass is 281 g/mol. The Balaban J connectivity index is 1.92. The number of carbonyl (C=O) groups excluding carboxylic acids is 1. The number of carbonyl (C=O) groups is 1. The highest BCUT2D eigenvalue weighted by molar-refractivity contribution is 7.14. The quantitative estimate of drug-likeness (QED) is 0.501. The molecule has 6 heteroatoms. The predicted molar refractivity (Wildman–Crippen MR) is 75.5 cm³/mol. The Kier molecular flexibility index (Phi) is 4.48. The van der Waals surface area contributed by atoms with Crippen molar-refractivity contribution in [1.29, 1.82) is 0 Å². The second kappa shape index (κ2) is 6.10. The van der Waals surface area contributed by atoms with Crippen molar-refractivity contribution < 1.29 is 4.79 Å². The Morgan fingerprint density at radius 1 is 1.33 bits per heavy atom. The minimum absolute atomic E-state index is 0.229. The minimum atomic E-state index is -0.229. The molecule has 2 aromatic rings. The Morgan fingerprint density at radius 2 is 2.11 bits per heavy atom. The molecule has 0 spiro atoms. The normalized spacial score (nSPS) is 10.8. The van der Waals surface area contributed by atoms with Gasteiger partial charge in [-0.2, -0.15) is 0 Å². The van der Waals surface area contributed by atoms with E-state index in [9.17, 15) is 4.79 Å². The van der Waals surface area contributed by atoms with Crippen LogP contribution in [0.4, 0.5) is 0 Å². The first-order chi connectivity index (χ1) is 8.69. The van der Waals surface area contributed by atoms with E-state index >= 15 is 0 Å². The van der Waals surface area contributed by atoms with E-state index in [0.29, 0.717) is 4.88 Å². The summed E-state index contributed by atoms with van der Waals surface area (Å²) in [6.45, 7) is 1.76. The molecule has 0 fully saturated rings. The fourth-order valence-electron chi connectivity index (χ4n) is 1.65. The lowest BCUT2D eigenvalue weighted by Gasteiger charge is -2.14. The van der Waals surface area contributed by atoms with Crippen LogP contribution in [0.2, 0.25) is 0 Å². The van der Waals surface area contributed by atoms with E-state index in [1.807, 2.05) is 6.07 Å². The smallest absolute Gasteiger partial charge is 0.275 e. The highest BCUT2D eigenvalue weighted by Gasteiger charge is 2.09. The zero-order chi connectivity index (χ0) is 13.0. The standard InChI is InChI=1S/C12H15N3OS2/c1-15(7-9-3-2-6-17-9)8-10-4-5-11(18-10)12(16)14-13/h2-6H,7-8,13H2,1H3,(H,14,16). The number of hydrogen-bond acceptors (Lipinski definition) is 5. The minimum Gasteiger partial charge on any atom is -0.296 e. The summed E-state index contributed by atoms with van der Waals surface area (Å²) in [5.74, 6) is 4.87. The zero-order valence-electron chi connectivity index (χ0n) is 10.1. The molecule has 0 bridgehead atoms. The third-order valence-electron chi connectivity index (χ3n) is 2.45. The summed E-state index contributed by atoms with van der Waals surface area (Å²) in [6, 6.07) is 7.97. The van der Waals surface area contributed by atoms with Gasteiger partial charge in [0.1, 0.15) is 0 Å². The lowest BCUT2D eigenvalue weighted by molar-refractivity contribution is 0.0957. The average molecular weight is 281 g/mol. The van der Waals surface area contributed by atoms with Crippen LogP contribution in [-0.4, -0.2) is 17.9 Å². The van der Waals surface area contributed by atoms with E-state index in [2.05, 4.69) is 34.9 Å². The molecule has 2 rings (SSSR count). The van der Waals surface area contributed by atoms with Crippen LogP contribution in [0.3, 0.4) is 0 Å². The van der Waals surface area contributed by atoms with Gasteiger partial charge in [-0.05, 0) is 30.6 Å². The van der Waals surface area contributed by atoms with Crippen LogP contribution in [-0.2, 0) is 13.1 Å². The van der Waals surface area contributed by atoms with Crippen molar-refractivity contribution in [2.75, 3.05) is 7.05 Å². The fourth-order valence-corrected chi connectivity index (χ4v) is 3.42. The zero-order valence-corrected chi connectivity index (χ0v) is 11.7. The fraction of sp³-hybridized carbons (Fsp3) is 0.250. The summed E-state index contributed by atoms with van der Waals surface area (Å²) in [5, 5.41) is 2.08. The highest BCUT2D eigenvalue weighted by atomic mass is 32.1. The summed E-state index contributed by atoms with van der Waals surface area (Å²) in [6.07, 6.45) is 0. The van der Waals surface area contributed by atoms with Gasteiger partial charge >= 0.3 is 0 Å². The van der Waals surface area contributed by atoms with E-state index in [1.165, 1.54) is 16.2 Å². The molecule has 0 aromatic carbocycles. The van der Waals surface area contributed by atoms with Crippen LogP contribution in [0, 0.1) is 0 Å². The average Bonchev–Trinajstić information content (AvgIpc) is 2.99. The summed E-state index contributed by atoms with van der Waals surface area (Å²) < 4.78 is 0. The largest absolute Gasteiger partial charge is 0.296 e. The Hall–Kier alpha value is -1.21. The van der Waals surface area contributed by atoms with Crippen molar-refractivity contribution in [3.05, 3.63) is 44.3 Å². The first-order valence-electron chi connectivity index (χ1n) is 5.49. The molecule has 2 aromatic heterocycles. The molecule has 0 aliphatic rings. The van der Waals surface area contributed by atoms with Gasteiger partial charge in [0, 0.05) is 22.8 Å². The van der Waals surface area contributed by atoms with Gasteiger partial charge in [0.15, 0.2) is 0 Å². The van der Waals surface area contributed by atoms with E-state index in [0.717, 1.165) is 18.0 Å². The molecule has 0 saturated heterocycles. The maximum absolute atomic E-state index is 11.3. The van der Waals surface area contributed by atoms with E-state index in [1.54, 1.807) is 17.4 Å². The topological polar surface area (TPSA) is 58.4 Å². The second-order valence-corrected chi connectivity index (χ2v) is 6.19. The number of nitrogens with one attached hydrogen (secondary N) is 1.